The number of hydrogen-bond donors (Lipinski definition) is 4. The molecular weight excluding hydrogens is 828 g/mol. The Hall–Kier alpha value is -6.19. The molecule has 6 amide bonds. The molecule has 4 atom stereocenters. The van der Waals surface area contributed by atoms with Crippen LogP contribution in [0.5, 0.6) is 11.8 Å². The van der Waals surface area contributed by atoms with Gasteiger partial charge in [-0.2, -0.15) is 0 Å². The number of benzene rings is 1. The number of fused-ring (bicyclic) bond motifs is 2. The Bertz CT molecular complexity index is 2400. The lowest BCUT2D eigenvalue weighted by molar-refractivity contribution is -0.136. The van der Waals surface area contributed by atoms with Gasteiger partial charge in [-0.1, -0.05) is 24.8 Å². The zero-order chi connectivity index (χ0) is 45.1. The van der Waals surface area contributed by atoms with Crippen molar-refractivity contribution in [3.63, 3.8) is 0 Å². The number of likely N-dealkylation sites (tertiary alicyclic amines) is 1. The molecule has 5 N–H and O–H groups in total. The average Bonchev–Trinajstić information content (AvgIpc) is 3.72. The molecule has 338 valence electrons. The van der Waals surface area contributed by atoms with Crippen LogP contribution < -0.4 is 31.2 Å². The molecule has 2 aromatic heterocycles. The van der Waals surface area contributed by atoms with Crippen LogP contribution in [0.1, 0.15) is 101 Å². The summed E-state index contributed by atoms with van der Waals surface area (Å²) in [5.41, 5.74) is 7.59. The first kappa shape index (κ1) is 44.4. The minimum atomic E-state index is -1.60. The van der Waals surface area contributed by atoms with E-state index >= 15 is 0 Å². The highest BCUT2D eigenvalue weighted by molar-refractivity contribution is 6.25. The van der Waals surface area contributed by atoms with Crippen LogP contribution in [0.4, 0.5) is 10.1 Å². The standard InChI is InChI=1S/C46H53FN8O9/c1-3-29-34(51-42(59)38(29)47)24-64-44-39-31(21-32(40(48)57)43(53-39)62-2)27(22-50-44)12-11-25-7-9-26(10-8-25)23-54-18-15-28(16-19-54)63-20-17-49-33-6-4-5-30-37(33)46(61)55(45(30)60)35-13-14-36(56)52-41(35)58/h4-6,21-22,25-26,28-29,34-35,38,49H,3,7-10,13-20,23-24H2,1-2H3,(H2,48,57)(H,51,59)(H,52,56,58)/t25?,26?,29-,34?,35?,38-/m0/s1. The zero-order valence-corrected chi connectivity index (χ0v) is 36.0. The van der Waals surface area contributed by atoms with Gasteiger partial charge >= 0.3 is 0 Å². The Morgan fingerprint density at radius 1 is 1.02 bits per heavy atom. The van der Waals surface area contributed by atoms with Gasteiger partial charge < -0.3 is 35.5 Å². The van der Waals surface area contributed by atoms with E-state index in [0.717, 1.165) is 63.1 Å². The number of carbonyl (C=O) groups is 6. The largest absolute Gasteiger partial charge is 0.480 e. The number of methoxy groups -OCH3 is 1. The molecule has 18 heteroatoms. The molecule has 6 heterocycles. The van der Waals surface area contributed by atoms with Crippen LogP contribution in [0.15, 0.2) is 30.5 Å². The van der Waals surface area contributed by atoms with Crippen LogP contribution in [0.3, 0.4) is 0 Å². The quantitative estimate of drug-likeness (QED) is 0.104. The number of hydrogen-bond acceptors (Lipinski definition) is 13. The molecule has 2 unspecified atom stereocenters. The lowest BCUT2D eigenvalue weighted by Gasteiger charge is -2.36. The number of amides is 6. The van der Waals surface area contributed by atoms with E-state index in [1.807, 2.05) is 6.92 Å². The maximum absolute atomic E-state index is 14.4. The first-order chi connectivity index (χ1) is 30.9. The van der Waals surface area contributed by atoms with E-state index in [1.165, 1.54) is 7.11 Å². The summed E-state index contributed by atoms with van der Waals surface area (Å²) in [6, 6.07) is 5.03. The van der Waals surface area contributed by atoms with Crippen LogP contribution in [0.25, 0.3) is 10.9 Å². The molecule has 0 radical (unpaired) electrons. The summed E-state index contributed by atoms with van der Waals surface area (Å²) < 4.78 is 32.0. The highest BCUT2D eigenvalue weighted by atomic mass is 19.1. The van der Waals surface area contributed by atoms with Gasteiger partial charge in [0.2, 0.25) is 23.6 Å². The van der Waals surface area contributed by atoms with E-state index in [-0.39, 0.29) is 59.9 Å². The van der Waals surface area contributed by atoms with Crippen molar-refractivity contribution >= 4 is 52.0 Å². The highest BCUT2D eigenvalue weighted by Gasteiger charge is 2.46. The van der Waals surface area contributed by atoms with Gasteiger partial charge in [0.15, 0.2) is 6.17 Å². The molecule has 0 spiro atoms. The number of ether oxygens (including phenoxy) is 3. The summed E-state index contributed by atoms with van der Waals surface area (Å²) in [7, 11) is 1.38. The van der Waals surface area contributed by atoms with Crippen LogP contribution in [0, 0.1) is 29.6 Å². The van der Waals surface area contributed by atoms with Crippen LogP contribution >= 0.6 is 0 Å². The molecule has 0 bridgehead atoms. The van der Waals surface area contributed by atoms with Crippen molar-refractivity contribution in [3.8, 4) is 23.6 Å². The fraction of sp³-hybridized carbons (Fsp3) is 0.522. The van der Waals surface area contributed by atoms with Crippen LogP contribution in [-0.4, -0.2) is 126 Å². The van der Waals surface area contributed by atoms with Crippen molar-refractivity contribution in [3.05, 3.63) is 52.7 Å². The fourth-order valence-corrected chi connectivity index (χ4v) is 9.62. The Morgan fingerprint density at radius 3 is 2.52 bits per heavy atom. The predicted molar refractivity (Wildman–Crippen MR) is 230 cm³/mol. The van der Waals surface area contributed by atoms with Gasteiger partial charge in [0.1, 0.15) is 23.7 Å². The SMILES string of the molecule is CC[C@H]1C(COc2ncc(C#CC3CCC(CN4CCC(OCCNc5cccc6c5C(=O)N(C5CCC(=O)NC5=O)C6=O)CC4)CC3)c3cc(C(N)=O)c(OC)nc23)NC(=O)[C@H]1F. The van der Waals surface area contributed by atoms with Crippen LogP contribution in [0.2, 0.25) is 0 Å². The second-order valence-electron chi connectivity index (χ2n) is 17.1. The van der Waals surface area contributed by atoms with E-state index in [0.29, 0.717) is 47.6 Å². The molecule has 4 aliphatic heterocycles. The second-order valence-corrected chi connectivity index (χ2v) is 17.1. The number of primary amides is 1. The monoisotopic (exact) mass is 880 g/mol. The summed E-state index contributed by atoms with van der Waals surface area (Å²) in [5.74, 6) is 3.58. The van der Waals surface area contributed by atoms with Crippen molar-refractivity contribution in [2.45, 2.75) is 89.1 Å². The number of nitrogens with two attached hydrogens (primary N) is 1. The number of pyridine rings is 2. The number of carbonyl (C=O) groups excluding carboxylic acids is 6. The molecule has 3 saturated heterocycles. The van der Waals surface area contributed by atoms with E-state index in [2.05, 4.69) is 42.7 Å². The number of alkyl halides is 1. The molecule has 17 nitrogen and oxygen atoms in total. The predicted octanol–water partition coefficient (Wildman–Crippen LogP) is 3.13. The number of imide groups is 2. The summed E-state index contributed by atoms with van der Waals surface area (Å²) in [5, 5.41) is 8.65. The number of aromatic nitrogens is 2. The molecule has 64 heavy (non-hydrogen) atoms. The molecule has 1 saturated carbocycles. The van der Waals surface area contributed by atoms with E-state index in [9.17, 15) is 33.2 Å². The molecule has 8 rings (SSSR count). The maximum Gasteiger partial charge on any atom is 0.264 e. The number of nitrogens with zero attached hydrogens (tertiary/aromatic N) is 4. The first-order valence-corrected chi connectivity index (χ1v) is 22.1. The lowest BCUT2D eigenvalue weighted by Crippen LogP contribution is -2.54. The topological polar surface area (TPSA) is 224 Å². The Morgan fingerprint density at radius 2 is 1.80 bits per heavy atom. The van der Waals surface area contributed by atoms with Crippen molar-refractivity contribution in [1.82, 2.24) is 30.4 Å². The smallest absolute Gasteiger partial charge is 0.264 e. The van der Waals surface area contributed by atoms with Crippen molar-refractivity contribution < 1.29 is 47.4 Å². The van der Waals surface area contributed by atoms with Gasteiger partial charge in [-0.05, 0) is 75.5 Å². The van der Waals surface area contributed by atoms with E-state index in [4.69, 9.17) is 19.9 Å². The second kappa shape index (κ2) is 19.3. The van der Waals surface area contributed by atoms with E-state index < -0.39 is 59.6 Å². The molecule has 1 aliphatic carbocycles. The van der Waals surface area contributed by atoms with Gasteiger partial charge in [0, 0.05) is 61.7 Å². The Labute approximate surface area is 369 Å². The zero-order valence-electron chi connectivity index (χ0n) is 36.0. The summed E-state index contributed by atoms with van der Waals surface area (Å²) in [4.78, 5) is 87.5. The number of nitrogens with one attached hydrogen (secondary N) is 3. The lowest BCUT2D eigenvalue weighted by atomic mass is 9.81. The summed E-state index contributed by atoms with van der Waals surface area (Å²) in [6.45, 7) is 5.55. The van der Waals surface area contributed by atoms with Crippen molar-refractivity contribution in [2.75, 3.05) is 51.8 Å². The summed E-state index contributed by atoms with van der Waals surface area (Å²) >= 11 is 0. The first-order valence-electron chi connectivity index (χ1n) is 22.1. The molecule has 4 fully saturated rings. The fourth-order valence-electron chi connectivity index (χ4n) is 9.62. The van der Waals surface area contributed by atoms with Gasteiger partial charge in [-0.15, -0.1) is 0 Å². The maximum atomic E-state index is 14.4. The number of anilines is 1. The van der Waals surface area contributed by atoms with Gasteiger partial charge in [-0.25, -0.2) is 14.4 Å². The Kier molecular flexibility index (Phi) is 13.4. The third-order valence-corrected chi connectivity index (χ3v) is 13.1. The molecule has 3 aromatic rings. The van der Waals surface area contributed by atoms with Crippen LogP contribution in [-0.2, 0) is 19.1 Å². The number of halogens is 1. The average molecular weight is 881 g/mol. The van der Waals surface area contributed by atoms with Crippen molar-refractivity contribution in [2.24, 2.45) is 23.5 Å². The number of rotatable bonds is 14. The van der Waals surface area contributed by atoms with E-state index in [1.54, 1.807) is 30.5 Å². The van der Waals surface area contributed by atoms with Gasteiger partial charge in [0.05, 0.1) is 42.6 Å². The highest BCUT2D eigenvalue weighted by Crippen LogP contribution is 2.35. The summed E-state index contributed by atoms with van der Waals surface area (Å²) in [6.07, 6.45) is 6.54. The minimum Gasteiger partial charge on any atom is -0.480 e. The molecular formula is C46H53FN8O9. The third kappa shape index (κ3) is 9.23. The normalized spacial score (nSPS) is 25.1. The Balaban J connectivity index is 0.798. The number of piperidine rings is 2. The van der Waals surface area contributed by atoms with Gasteiger partial charge in [0.25, 0.3) is 23.6 Å². The third-order valence-electron chi connectivity index (χ3n) is 13.1. The van der Waals surface area contributed by atoms with Crippen molar-refractivity contribution in [1.29, 1.82) is 0 Å². The van der Waals surface area contributed by atoms with Gasteiger partial charge in [-0.3, -0.25) is 39.0 Å². The minimum absolute atomic E-state index is 0.0130. The molecule has 5 aliphatic rings. The molecule has 1 aromatic carbocycles.